The van der Waals surface area contributed by atoms with E-state index < -0.39 is 0 Å². The van der Waals surface area contributed by atoms with Crippen LogP contribution in [0.4, 0.5) is 0 Å². The molecule has 0 aliphatic rings. The van der Waals surface area contributed by atoms with E-state index in [0.29, 0.717) is 17.5 Å². The lowest BCUT2D eigenvalue weighted by atomic mass is 9.88. The van der Waals surface area contributed by atoms with E-state index in [4.69, 9.17) is 15.0 Å². The van der Waals surface area contributed by atoms with Crippen LogP contribution in [-0.4, -0.2) is 15.0 Å². The van der Waals surface area contributed by atoms with Gasteiger partial charge in [0.15, 0.2) is 17.5 Å². The van der Waals surface area contributed by atoms with Gasteiger partial charge in [0.25, 0.3) is 0 Å². The van der Waals surface area contributed by atoms with Gasteiger partial charge < -0.3 is 0 Å². The second-order valence-electron chi connectivity index (χ2n) is 11.8. The molecule has 0 unspecified atom stereocenters. The first kappa shape index (κ1) is 27.8. The third kappa shape index (κ3) is 4.91. The molecule has 0 aliphatic heterocycles. The molecule has 1 heterocycles. The molecule has 8 rings (SSSR count). The SMILES string of the molecule is CCc1ccccc1-c1c(CC)ccc2cc(-c3nc(-c4ccc5ccccc5c4)nc(-c4cccc5ccccc45)n3)ccc12. The van der Waals surface area contributed by atoms with Crippen molar-refractivity contribution in [3.8, 4) is 45.3 Å². The molecule has 0 saturated heterocycles. The third-order valence-corrected chi connectivity index (χ3v) is 9.09. The molecular weight excluding hydrogens is 558 g/mol. The van der Waals surface area contributed by atoms with E-state index in [-0.39, 0.29) is 0 Å². The van der Waals surface area contributed by atoms with Gasteiger partial charge in [0.2, 0.25) is 0 Å². The highest BCUT2D eigenvalue weighted by molar-refractivity contribution is 6.01. The van der Waals surface area contributed by atoms with E-state index in [1.54, 1.807) is 0 Å². The quantitative estimate of drug-likeness (QED) is 0.193. The van der Waals surface area contributed by atoms with E-state index in [2.05, 4.69) is 153 Å². The zero-order chi connectivity index (χ0) is 31.0. The van der Waals surface area contributed by atoms with Crippen molar-refractivity contribution in [1.29, 1.82) is 0 Å². The number of aromatic nitrogens is 3. The first-order valence-corrected chi connectivity index (χ1v) is 16.1. The molecule has 7 aromatic carbocycles. The lowest BCUT2D eigenvalue weighted by Crippen LogP contribution is -2.01. The summed E-state index contributed by atoms with van der Waals surface area (Å²) in [6.07, 6.45) is 1.97. The molecule has 1 aromatic heterocycles. The van der Waals surface area contributed by atoms with Crippen LogP contribution in [0.3, 0.4) is 0 Å². The van der Waals surface area contributed by atoms with Gasteiger partial charge in [-0.15, -0.1) is 0 Å². The summed E-state index contributed by atoms with van der Waals surface area (Å²) in [6.45, 7) is 4.47. The Labute approximate surface area is 269 Å². The Balaban J connectivity index is 1.34. The Morgan fingerprint density at radius 3 is 1.78 bits per heavy atom. The Bertz CT molecular complexity index is 2400. The first-order chi connectivity index (χ1) is 22.7. The van der Waals surface area contributed by atoms with Crippen molar-refractivity contribution in [2.24, 2.45) is 0 Å². The van der Waals surface area contributed by atoms with Gasteiger partial charge in [0.05, 0.1) is 0 Å². The maximum Gasteiger partial charge on any atom is 0.164 e. The zero-order valence-corrected chi connectivity index (χ0v) is 26.0. The maximum absolute atomic E-state index is 5.14. The molecule has 220 valence electrons. The molecule has 0 amide bonds. The van der Waals surface area contributed by atoms with Crippen molar-refractivity contribution in [3.05, 3.63) is 151 Å². The molecule has 0 spiro atoms. The fourth-order valence-corrected chi connectivity index (χ4v) is 6.70. The average molecular weight is 592 g/mol. The Morgan fingerprint density at radius 2 is 0.978 bits per heavy atom. The van der Waals surface area contributed by atoms with E-state index in [0.717, 1.165) is 45.7 Å². The average Bonchev–Trinajstić information content (AvgIpc) is 3.13. The van der Waals surface area contributed by atoms with E-state index in [1.165, 1.54) is 38.4 Å². The first-order valence-electron chi connectivity index (χ1n) is 16.1. The number of nitrogens with zero attached hydrogens (tertiary/aromatic N) is 3. The molecule has 3 nitrogen and oxygen atoms in total. The number of hydrogen-bond donors (Lipinski definition) is 0. The van der Waals surface area contributed by atoms with Crippen LogP contribution in [0.5, 0.6) is 0 Å². The Kier molecular flexibility index (Phi) is 7.07. The van der Waals surface area contributed by atoms with Crippen molar-refractivity contribution < 1.29 is 0 Å². The minimum Gasteiger partial charge on any atom is -0.208 e. The van der Waals surface area contributed by atoms with Crippen LogP contribution in [-0.2, 0) is 12.8 Å². The molecule has 0 N–H and O–H groups in total. The molecule has 8 aromatic rings. The number of hydrogen-bond acceptors (Lipinski definition) is 3. The summed E-state index contributed by atoms with van der Waals surface area (Å²) in [4.78, 5) is 15.3. The van der Waals surface area contributed by atoms with Crippen LogP contribution in [0, 0.1) is 0 Å². The highest BCUT2D eigenvalue weighted by Crippen LogP contribution is 2.37. The largest absolute Gasteiger partial charge is 0.208 e. The van der Waals surface area contributed by atoms with Crippen molar-refractivity contribution in [3.63, 3.8) is 0 Å². The normalized spacial score (nSPS) is 11.4. The van der Waals surface area contributed by atoms with Crippen LogP contribution >= 0.6 is 0 Å². The topological polar surface area (TPSA) is 38.7 Å². The molecule has 0 aliphatic carbocycles. The predicted molar refractivity (Wildman–Crippen MR) is 193 cm³/mol. The second-order valence-corrected chi connectivity index (χ2v) is 11.8. The predicted octanol–water partition coefficient (Wildman–Crippen LogP) is 11.1. The van der Waals surface area contributed by atoms with Crippen LogP contribution in [0.2, 0.25) is 0 Å². The zero-order valence-electron chi connectivity index (χ0n) is 26.0. The third-order valence-electron chi connectivity index (χ3n) is 9.09. The van der Waals surface area contributed by atoms with Gasteiger partial charge in [-0.1, -0.05) is 141 Å². The van der Waals surface area contributed by atoms with E-state index in [9.17, 15) is 0 Å². The smallest absolute Gasteiger partial charge is 0.164 e. The van der Waals surface area contributed by atoms with Crippen molar-refractivity contribution >= 4 is 32.3 Å². The van der Waals surface area contributed by atoms with Crippen LogP contribution in [0.25, 0.3) is 77.6 Å². The van der Waals surface area contributed by atoms with Gasteiger partial charge >= 0.3 is 0 Å². The summed E-state index contributed by atoms with van der Waals surface area (Å²) < 4.78 is 0. The summed E-state index contributed by atoms with van der Waals surface area (Å²) in [5.41, 5.74) is 8.30. The van der Waals surface area contributed by atoms with Gasteiger partial charge in [-0.3, -0.25) is 0 Å². The summed E-state index contributed by atoms with van der Waals surface area (Å²) in [5.74, 6) is 2.00. The number of benzene rings is 7. The van der Waals surface area contributed by atoms with Gasteiger partial charge in [-0.05, 0) is 79.5 Å². The number of fused-ring (bicyclic) bond motifs is 3. The number of rotatable bonds is 6. The molecule has 3 heteroatoms. The van der Waals surface area contributed by atoms with Gasteiger partial charge in [-0.25, -0.2) is 15.0 Å². The summed E-state index contributed by atoms with van der Waals surface area (Å²) in [6, 6.07) is 49.5. The Morgan fingerprint density at radius 1 is 0.391 bits per heavy atom. The Hall–Kier alpha value is -5.67. The van der Waals surface area contributed by atoms with E-state index in [1.807, 2.05) is 0 Å². The van der Waals surface area contributed by atoms with Gasteiger partial charge in [0.1, 0.15) is 0 Å². The van der Waals surface area contributed by atoms with Crippen molar-refractivity contribution in [1.82, 2.24) is 15.0 Å². The summed E-state index contributed by atoms with van der Waals surface area (Å²) >= 11 is 0. The number of aryl methyl sites for hydroxylation is 2. The van der Waals surface area contributed by atoms with Crippen LogP contribution < -0.4 is 0 Å². The highest BCUT2D eigenvalue weighted by atomic mass is 15.0. The molecule has 0 fully saturated rings. The van der Waals surface area contributed by atoms with Crippen LogP contribution in [0.15, 0.2) is 140 Å². The lowest BCUT2D eigenvalue weighted by Gasteiger charge is -2.16. The standard InChI is InChI=1S/C43H33N3/c1-3-28-12-7-10-18-37(28)40-29(4-2)20-22-33-27-35(24-25-38(33)40)42-44-41(34-23-21-30-13-5-6-15-32(30)26-34)45-43(46-42)39-19-11-16-31-14-8-9-17-36(31)39/h5-27H,3-4H2,1-2H3. The fraction of sp³-hybridized carbons (Fsp3) is 0.0930. The molecule has 0 saturated carbocycles. The van der Waals surface area contributed by atoms with Gasteiger partial charge in [-0.2, -0.15) is 0 Å². The molecule has 46 heavy (non-hydrogen) atoms. The summed E-state index contributed by atoms with van der Waals surface area (Å²) in [5, 5.41) is 7.06. The van der Waals surface area contributed by atoms with Crippen molar-refractivity contribution in [2.45, 2.75) is 26.7 Å². The second kappa shape index (κ2) is 11.7. The lowest BCUT2D eigenvalue weighted by molar-refractivity contribution is 1.08. The molecule has 0 radical (unpaired) electrons. The van der Waals surface area contributed by atoms with Crippen molar-refractivity contribution in [2.75, 3.05) is 0 Å². The van der Waals surface area contributed by atoms with Gasteiger partial charge in [0, 0.05) is 16.7 Å². The highest BCUT2D eigenvalue weighted by Gasteiger charge is 2.17. The fourth-order valence-electron chi connectivity index (χ4n) is 6.70. The molecule has 0 atom stereocenters. The minimum absolute atomic E-state index is 0.665. The molecule has 0 bridgehead atoms. The van der Waals surface area contributed by atoms with Crippen LogP contribution in [0.1, 0.15) is 25.0 Å². The van der Waals surface area contributed by atoms with E-state index >= 15 is 0 Å². The monoisotopic (exact) mass is 591 g/mol. The maximum atomic E-state index is 5.14. The summed E-state index contributed by atoms with van der Waals surface area (Å²) in [7, 11) is 0. The molecular formula is C43H33N3. The minimum atomic E-state index is 0.665.